The van der Waals surface area contributed by atoms with E-state index >= 15 is 0 Å². The highest BCUT2D eigenvalue weighted by Gasteiger charge is 2.74. The van der Waals surface area contributed by atoms with Crippen LogP contribution < -0.4 is 4.72 Å². The summed E-state index contributed by atoms with van der Waals surface area (Å²) in [6, 6.07) is 21.5. The summed E-state index contributed by atoms with van der Waals surface area (Å²) in [7, 11) is 0. The van der Waals surface area contributed by atoms with Gasteiger partial charge >= 0.3 is 5.97 Å². The van der Waals surface area contributed by atoms with Gasteiger partial charge in [0.15, 0.2) is 0 Å². The van der Waals surface area contributed by atoms with Crippen molar-refractivity contribution in [1.29, 1.82) is 0 Å². The zero-order valence-corrected chi connectivity index (χ0v) is 20.6. The van der Waals surface area contributed by atoms with Crippen LogP contribution in [0.1, 0.15) is 32.8 Å². The van der Waals surface area contributed by atoms with Crippen LogP contribution in [0.3, 0.4) is 0 Å². The van der Waals surface area contributed by atoms with Gasteiger partial charge in [0.05, 0.1) is 16.2 Å². The number of thiophene rings is 1. The highest BCUT2D eigenvalue weighted by molar-refractivity contribution is 7.99. The number of nitrogens with one attached hydrogen (secondary N) is 1. The fraction of sp³-hybridized carbons (Fsp3) is 0.320. The summed E-state index contributed by atoms with van der Waals surface area (Å²) in [6.45, 7) is 5.42. The molecule has 2 aromatic carbocycles. The Kier molecular flexibility index (Phi) is 6.45. The number of rotatable bonds is 7. The Labute approximate surface area is 202 Å². The first-order chi connectivity index (χ1) is 15.2. The van der Waals surface area contributed by atoms with E-state index in [1.165, 1.54) is 11.9 Å². The number of ether oxygens (including phenoxy) is 1. The minimum atomic E-state index is -1.01. The van der Waals surface area contributed by atoms with Crippen LogP contribution in [0.15, 0.2) is 70.9 Å². The van der Waals surface area contributed by atoms with E-state index in [0.29, 0.717) is 11.4 Å². The minimum absolute atomic E-state index is 0.149. The van der Waals surface area contributed by atoms with Crippen molar-refractivity contribution >= 4 is 40.9 Å². The molecule has 4 rings (SSSR count). The second kappa shape index (κ2) is 8.84. The van der Waals surface area contributed by atoms with Crippen LogP contribution in [0.5, 0.6) is 0 Å². The molecule has 2 N–H and O–H groups in total. The third-order valence-electron chi connectivity index (χ3n) is 5.64. The lowest BCUT2D eigenvalue weighted by Gasteiger charge is -2.28. The van der Waals surface area contributed by atoms with Crippen molar-refractivity contribution < 1.29 is 14.6 Å². The Morgan fingerprint density at radius 2 is 1.81 bits per heavy atom. The minimum Gasteiger partial charge on any atom is -0.459 e. The Bertz CT molecular complexity index is 1090. The molecule has 1 aliphatic rings. The van der Waals surface area contributed by atoms with Crippen molar-refractivity contribution in [1.82, 2.24) is 4.72 Å². The maximum Gasteiger partial charge on any atom is 0.328 e. The molecule has 0 amide bonds. The van der Waals surface area contributed by atoms with Crippen LogP contribution in [-0.4, -0.2) is 28.8 Å². The molecule has 0 saturated heterocycles. The number of carbonyl (C=O) groups is 1. The molecule has 32 heavy (non-hydrogen) atoms. The molecule has 3 aromatic rings. The van der Waals surface area contributed by atoms with E-state index in [1.54, 1.807) is 11.3 Å². The average Bonchev–Trinajstić information content (AvgIpc) is 3.22. The predicted octanol–water partition coefficient (Wildman–Crippen LogP) is 6.08. The molecule has 0 aliphatic heterocycles. The van der Waals surface area contributed by atoms with Crippen molar-refractivity contribution in [2.45, 2.75) is 48.0 Å². The maximum atomic E-state index is 13.4. The number of benzene rings is 2. The largest absolute Gasteiger partial charge is 0.459 e. The van der Waals surface area contributed by atoms with Crippen molar-refractivity contribution in [2.75, 3.05) is 6.61 Å². The molecule has 4 nitrogen and oxygen atoms in total. The Hall–Kier alpha value is -1.83. The molecule has 1 aliphatic carbocycles. The van der Waals surface area contributed by atoms with E-state index in [1.807, 2.05) is 81.4 Å². The van der Waals surface area contributed by atoms with Gasteiger partial charge in [0, 0.05) is 9.90 Å². The first kappa shape index (κ1) is 23.3. The van der Waals surface area contributed by atoms with Gasteiger partial charge < -0.3 is 9.84 Å². The van der Waals surface area contributed by atoms with Gasteiger partial charge in [-0.2, -0.15) is 0 Å². The molecule has 1 fully saturated rings. The molecule has 2 atom stereocenters. The van der Waals surface area contributed by atoms with E-state index in [4.69, 9.17) is 16.3 Å². The Balaban J connectivity index is 1.59. The van der Waals surface area contributed by atoms with Crippen molar-refractivity contribution in [3.63, 3.8) is 0 Å². The zero-order chi connectivity index (χ0) is 23.0. The molecular formula is C25H26ClNO3S2. The lowest BCUT2D eigenvalue weighted by Crippen LogP contribution is -2.47. The number of aliphatic hydroxyl groups is 1. The molecule has 1 aromatic heterocycles. The summed E-state index contributed by atoms with van der Waals surface area (Å²) >= 11 is 9.04. The molecule has 1 saturated carbocycles. The molecular weight excluding hydrogens is 462 g/mol. The molecule has 0 radical (unpaired) electrons. The van der Waals surface area contributed by atoms with E-state index in [9.17, 15) is 9.90 Å². The monoisotopic (exact) mass is 487 g/mol. The summed E-state index contributed by atoms with van der Waals surface area (Å²) < 4.78 is 10.2. The van der Waals surface area contributed by atoms with Gasteiger partial charge in [0.2, 0.25) is 0 Å². The number of aliphatic hydroxyl groups excluding tert-OH is 1. The molecule has 1 heterocycles. The number of halogens is 1. The first-order valence-electron chi connectivity index (χ1n) is 10.4. The van der Waals surface area contributed by atoms with Gasteiger partial charge in [-0.1, -0.05) is 54.1 Å². The SMILES string of the molecule is CC(C)(C)OC(=O)C1(NSc2ccc(-c3ccc(Cl)cc3)s2)CC1(CO)c1ccccc1. The highest BCUT2D eigenvalue weighted by Crippen LogP contribution is 2.59. The highest BCUT2D eigenvalue weighted by atomic mass is 35.5. The van der Waals surface area contributed by atoms with Gasteiger partial charge in [0.1, 0.15) is 11.1 Å². The van der Waals surface area contributed by atoms with Gasteiger partial charge in [-0.05, 0) is 74.5 Å². The summed E-state index contributed by atoms with van der Waals surface area (Å²) in [5.41, 5.74) is -0.338. The molecule has 0 spiro atoms. The Morgan fingerprint density at radius 1 is 1.12 bits per heavy atom. The van der Waals surface area contributed by atoms with Crippen LogP contribution in [0.4, 0.5) is 0 Å². The van der Waals surface area contributed by atoms with Crippen LogP contribution in [0, 0.1) is 0 Å². The topological polar surface area (TPSA) is 58.6 Å². The van der Waals surface area contributed by atoms with E-state index in [-0.39, 0.29) is 12.6 Å². The van der Waals surface area contributed by atoms with Crippen LogP contribution in [-0.2, 0) is 14.9 Å². The lowest BCUT2D eigenvalue weighted by molar-refractivity contribution is -0.159. The second-order valence-electron chi connectivity index (χ2n) is 9.02. The third kappa shape index (κ3) is 4.47. The van der Waals surface area contributed by atoms with Crippen molar-refractivity contribution in [3.8, 4) is 10.4 Å². The lowest BCUT2D eigenvalue weighted by atomic mass is 9.91. The normalized spacial score (nSPS) is 22.5. The standard InChI is InChI=1S/C25H26ClNO3S2/c1-23(2,3)30-22(29)25(15-24(25,16-28)18-7-5-4-6-8-18)27-32-21-14-13-20(31-21)17-9-11-19(26)12-10-17/h4-14,27-28H,15-16H2,1-3H3. The number of hydrogen-bond donors (Lipinski definition) is 2. The number of esters is 1. The van der Waals surface area contributed by atoms with Crippen LogP contribution in [0.2, 0.25) is 5.02 Å². The summed E-state index contributed by atoms with van der Waals surface area (Å²) in [6.07, 6.45) is 0.470. The van der Waals surface area contributed by atoms with Gasteiger partial charge in [-0.25, -0.2) is 9.52 Å². The van der Waals surface area contributed by atoms with Gasteiger partial charge in [0.25, 0.3) is 0 Å². The molecule has 168 valence electrons. The average molecular weight is 488 g/mol. The van der Waals surface area contributed by atoms with E-state index in [2.05, 4.69) is 10.8 Å². The third-order valence-corrected chi connectivity index (χ3v) is 8.11. The smallest absolute Gasteiger partial charge is 0.328 e. The number of carbonyl (C=O) groups excluding carboxylic acids is 1. The quantitative estimate of drug-likeness (QED) is 0.312. The Morgan fingerprint density at radius 3 is 2.44 bits per heavy atom. The van der Waals surface area contributed by atoms with Gasteiger partial charge in [-0.3, -0.25) is 0 Å². The molecule has 0 bridgehead atoms. The summed E-state index contributed by atoms with van der Waals surface area (Å²) in [5, 5.41) is 11.1. The van der Waals surface area contributed by atoms with Crippen molar-refractivity contribution in [3.05, 3.63) is 77.3 Å². The van der Waals surface area contributed by atoms with Crippen LogP contribution in [0.25, 0.3) is 10.4 Å². The fourth-order valence-electron chi connectivity index (χ4n) is 3.89. The maximum absolute atomic E-state index is 13.4. The zero-order valence-electron chi connectivity index (χ0n) is 18.2. The fourth-order valence-corrected chi connectivity index (χ4v) is 6.08. The van der Waals surface area contributed by atoms with E-state index < -0.39 is 16.6 Å². The van der Waals surface area contributed by atoms with Crippen molar-refractivity contribution in [2.24, 2.45) is 0 Å². The second-order valence-corrected chi connectivity index (χ2v) is 11.6. The summed E-state index contributed by atoms with van der Waals surface area (Å²) in [5.74, 6) is -0.343. The van der Waals surface area contributed by atoms with E-state index in [0.717, 1.165) is 20.2 Å². The predicted molar refractivity (Wildman–Crippen MR) is 132 cm³/mol. The van der Waals surface area contributed by atoms with Gasteiger partial charge in [-0.15, -0.1) is 11.3 Å². The molecule has 2 unspecified atom stereocenters. The van der Waals surface area contributed by atoms with Crippen LogP contribution >= 0.6 is 34.9 Å². The first-order valence-corrected chi connectivity index (χ1v) is 12.4. The number of hydrogen-bond acceptors (Lipinski definition) is 6. The summed E-state index contributed by atoms with van der Waals surface area (Å²) in [4.78, 5) is 14.5. The molecule has 7 heteroatoms.